The van der Waals surface area contributed by atoms with E-state index in [2.05, 4.69) is 31.3 Å². The molecular weight excluding hydrogens is 400 g/mol. The van der Waals surface area contributed by atoms with Gasteiger partial charge in [0.15, 0.2) is 0 Å². The van der Waals surface area contributed by atoms with Crippen LogP contribution in [0.1, 0.15) is 36.8 Å². The first-order valence-corrected chi connectivity index (χ1v) is 11.3. The van der Waals surface area contributed by atoms with E-state index in [9.17, 15) is 9.59 Å². The van der Waals surface area contributed by atoms with E-state index in [-0.39, 0.29) is 30.3 Å². The largest absolute Gasteiger partial charge is 0.330 e. The lowest BCUT2D eigenvalue weighted by Gasteiger charge is -2.21. The molecule has 0 radical (unpaired) electrons. The van der Waals surface area contributed by atoms with E-state index in [0.29, 0.717) is 5.95 Å². The first kappa shape index (κ1) is 20.5. The molecule has 32 heavy (non-hydrogen) atoms. The molecule has 6 nitrogen and oxygen atoms in total. The van der Waals surface area contributed by atoms with Gasteiger partial charge in [-0.05, 0) is 62.8 Å². The second-order valence-corrected chi connectivity index (χ2v) is 8.97. The molecule has 0 unspecified atom stereocenters. The molecule has 2 aliphatic rings. The van der Waals surface area contributed by atoms with Gasteiger partial charge in [-0.25, -0.2) is 4.98 Å². The predicted octanol–water partition coefficient (Wildman–Crippen LogP) is 4.50. The molecule has 0 aliphatic heterocycles. The van der Waals surface area contributed by atoms with E-state index in [1.54, 1.807) is 4.90 Å². The minimum atomic E-state index is -0.207. The average Bonchev–Trinajstić information content (AvgIpc) is 3.72. The fourth-order valence-corrected chi connectivity index (χ4v) is 3.95. The maximum absolute atomic E-state index is 13.0. The summed E-state index contributed by atoms with van der Waals surface area (Å²) in [7, 11) is 0. The van der Waals surface area contributed by atoms with Crippen LogP contribution in [0.2, 0.25) is 0 Å². The minimum Gasteiger partial charge on any atom is -0.330 e. The Bertz CT molecular complexity index is 1160. The van der Waals surface area contributed by atoms with Gasteiger partial charge in [0, 0.05) is 29.4 Å². The molecule has 2 amide bonds. The highest BCUT2D eigenvalue weighted by Crippen LogP contribution is 2.36. The normalized spacial score (nSPS) is 15.4. The lowest BCUT2D eigenvalue weighted by molar-refractivity contribution is -0.136. The van der Waals surface area contributed by atoms with Crippen molar-refractivity contribution in [1.29, 1.82) is 0 Å². The molecule has 0 atom stereocenters. The fraction of sp³-hybridized carbons (Fsp3) is 0.346. The van der Waals surface area contributed by atoms with Crippen LogP contribution in [-0.4, -0.2) is 38.9 Å². The molecule has 1 N–H and O–H groups in total. The third-order valence-electron chi connectivity index (χ3n) is 6.31. The number of anilines is 1. The first-order valence-electron chi connectivity index (χ1n) is 11.3. The molecule has 2 aliphatic carbocycles. The highest BCUT2D eigenvalue weighted by Gasteiger charge is 2.40. The SMILES string of the molecule is Cc1ccc(-n2cc(-c3ccccc3)nc2NC(=O)CN(C(=O)C2CC2)C2CC2)cc1C. The molecule has 2 fully saturated rings. The number of nitrogens with one attached hydrogen (secondary N) is 1. The Labute approximate surface area is 188 Å². The molecule has 3 aromatic rings. The summed E-state index contributed by atoms with van der Waals surface area (Å²) < 4.78 is 1.91. The maximum Gasteiger partial charge on any atom is 0.246 e. The van der Waals surface area contributed by atoms with Crippen molar-refractivity contribution in [2.45, 2.75) is 45.6 Å². The van der Waals surface area contributed by atoms with Crippen LogP contribution in [0.5, 0.6) is 0 Å². The Hall–Kier alpha value is -3.41. The van der Waals surface area contributed by atoms with Crippen LogP contribution in [0.4, 0.5) is 5.95 Å². The maximum atomic E-state index is 13.0. The van der Waals surface area contributed by atoms with Crippen LogP contribution < -0.4 is 5.32 Å². The van der Waals surface area contributed by atoms with Gasteiger partial charge in [0.1, 0.15) is 6.54 Å². The molecule has 0 bridgehead atoms. The van der Waals surface area contributed by atoms with Gasteiger partial charge in [-0.3, -0.25) is 19.5 Å². The summed E-state index contributed by atoms with van der Waals surface area (Å²) in [5.41, 5.74) is 5.08. The molecule has 0 saturated heterocycles. The van der Waals surface area contributed by atoms with Gasteiger partial charge in [0.2, 0.25) is 17.8 Å². The molecule has 5 rings (SSSR count). The first-order chi connectivity index (χ1) is 15.5. The number of hydrogen-bond acceptors (Lipinski definition) is 3. The van der Waals surface area contributed by atoms with Crippen LogP contribution in [0, 0.1) is 19.8 Å². The summed E-state index contributed by atoms with van der Waals surface area (Å²) >= 11 is 0. The molecule has 2 saturated carbocycles. The number of aryl methyl sites for hydroxylation is 2. The van der Waals surface area contributed by atoms with Crippen LogP contribution >= 0.6 is 0 Å². The highest BCUT2D eigenvalue weighted by atomic mass is 16.2. The lowest BCUT2D eigenvalue weighted by Crippen LogP contribution is -2.40. The van der Waals surface area contributed by atoms with Crippen molar-refractivity contribution >= 4 is 17.8 Å². The fourth-order valence-electron chi connectivity index (χ4n) is 3.95. The van der Waals surface area contributed by atoms with E-state index in [0.717, 1.165) is 42.6 Å². The van der Waals surface area contributed by atoms with E-state index < -0.39 is 0 Å². The summed E-state index contributed by atoms with van der Waals surface area (Å²) in [5, 5.41) is 2.98. The molecule has 164 valence electrons. The van der Waals surface area contributed by atoms with Crippen molar-refractivity contribution < 1.29 is 9.59 Å². The van der Waals surface area contributed by atoms with E-state index in [4.69, 9.17) is 4.98 Å². The number of amides is 2. The standard InChI is InChI=1S/C26H28N4O2/c1-17-8-11-22(14-18(17)2)30-15-23(19-6-4-3-5-7-19)27-26(30)28-24(31)16-29(21-12-13-21)25(32)20-9-10-20/h3-8,11,14-15,20-21H,9-10,12-13,16H2,1-2H3,(H,27,28,31). The van der Waals surface area contributed by atoms with E-state index in [1.165, 1.54) is 11.1 Å². The zero-order chi connectivity index (χ0) is 22.2. The van der Waals surface area contributed by atoms with Crippen molar-refractivity contribution in [3.8, 4) is 16.9 Å². The van der Waals surface area contributed by atoms with Crippen molar-refractivity contribution in [3.05, 3.63) is 65.9 Å². The number of aromatic nitrogens is 2. The number of benzene rings is 2. The van der Waals surface area contributed by atoms with Crippen molar-refractivity contribution in [2.75, 3.05) is 11.9 Å². The molecule has 0 spiro atoms. The minimum absolute atomic E-state index is 0.0838. The number of carbonyl (C=O) groups excluding carboxylic acids is 2. The monoisotopic (exact) mass is 428 g/mol. The molecule has 1 heterocycles. The summed E-state index contributed by atoms with van der Waals surface area (Å²) in [6.45, 7) is 4.23. The zero-order valence-electron chi connectivity index (χ0n) is 18.5. The van der Waals surface area contributed by atoms with Crippen LogP contribution in [0.3, 0.4) is 0 Å². The van der Waals surface area contributed by atoms with Gasteiger partial charge in [-0.15, -0.1) is 0 Å². The summed E-state index contributed by atoms with van der Waals surface area (Å²) in [4.78, 5) is 32.2. The predicted molar refractivity (Wildman–Crippen MR) is 125 cm³/mol. The number of rotatable bonds is 7. The topological polar surface area (TPSA) is 67.2 Å². The third-order valence-corrected chi connectivity index (χ3v) is 6.31. The van der Waals surface area contributed by atoms with Gasteiger partial charge < -0.3 is 4.90 Å². The Balaban J connectivity index is 1.43. The Morgan fingerprint density at radius 1 is 1.03 bits per heavy atom. The quantitative estimate of drug-likeness (QED) is 0.603. The van der Waals surface area contributed by atoms with Gasteiger partial charge >= 0.3 is 0 Å². The highest BCUT2D eigenvalue weighted by molar-refractivity contribution is 5.94. The second-order valence-electron chi connectivity index (χ2n) is 8.97. The smallest absolute Gasteiger partial charge is 0.246 e. The van der Waals surface area contributed by atoms with Gasteiger partial charge in [-0.1, -0.05) is 36.4 Å². The third kappa shape index (κ3) is 4.31. The summed E-state index contributed by atoms with van der Waals surface area (Å²) in [6.07, 6.45) is 5.81. The number of carbonyl (C=O) groups is 2. The van der Waals surface area contributed by atoms with Crippen LogP contribution in [-0.2, 0) is 9.59 Å². The van der Waals surface area contributed by atoms with E-state index in [1.807, 2.05) is 47.2 Å². The van der Waals surface area contributed by atoms with Crippen LogP contribution in [0.15, 0.2) is 54.7 Å². The summed E-state index contributed by atoms with van der Waals surface area (Å²) in [6, 6.07) is 16.3. The Morgan fingerprint density at radius 3 is 2.44 bits per heavy atom. The van der Waals surface area contributed by atoms with Gasteiger partial charge in [0.25, 0.3) is 0 Å². The lowest BCUT2D eigenvalue weighted by atomic mass is 10.1. The van der Waals surface area contributed by atoms with Gasteiger partial charge in [0.05, 0.1) is 5.69 Å². The van der Waals surface area contributed by atoms with E-state index >= 15 is 0 Å². The Kier molecular flexibility index (Phi) is 5.29. The zero-order valence-corrected chi connectivity index (χ0v) is 18.5. The van der Waals surface area contributed by atoms with Crippen molar-refractivity contribution in [3.63, 3.8) is 0 Å². The second kappa shape index (κ2) is 8.26. The number of imidazole rings is 1. The molecule has 1 aromatic heterocycles. The molecular formula is C26H28N4O2. The molecule has 6 heteroatoms. The summed E-state index contributed by atoms with van der Waals surface area (Å²) in [5.74, 6) is 0.503. The van der Waals surface area contributed by atoms with Crippen LogP contribution in [0.25, 0.3) is 16.9 Å². The number of nitrogens with zero attached hydrogens (tertiary/aromatic N) is 3. The number of hydrogen-bond donors (Lipinski definition) is 1. The average molecular weight is 429 g/mol. The Morgan fingerprint density at radius 2 is 1.78 bits per heavy atom. The van der Waals surface area contributed by atoms with Crippen molar-refractivity contribution in [2.24, 2.45) is 5.92 Å². The van der Waals surface area contributed by atoms with Gasteiger partial charge in [-0.2, -0.15) is 0 Å². The van der Waals surface area contributed by atoms with Crippen molar-refractivity contribution in [1.82, 2.24) is 14.5 Å². The molecule has 2 aromatic carbocycles.